The van der Waals surface area contributed by atoms with Crippen molar-refractivity contribution in [3.8, 4) is 6.07 Å². The minimum absolute atomic E-state index is 0.0704. The lowest BCUT2D eigenvalue weighted by Crippen LogP contribution is -2.37. The number of carbonyl (C=O) groups is 1. The third-order valence-corrected chi connectivity index (χ3v) is 5.99. The van der Waals surface area contributed by atoms with E-state index in [1.54, 1.807) is 13.2 Å². The van der Waals surface area contributed by atoms with E-state index in [2.05, 4.69) is 41.4 Å². The molecule has 2 aromatic rings. The third-order valence-electron chi connectivity index (χ3n) is 5.99. The molecule has 1 aliphatic rings. The number of nitrogens with one attached hydrogen (secondary N) is 1. The van der Waals surface area contributed by atoms with Gasteiger partial charge in [0.1, 0.15) is 11.6 Å². The first-order chi connectivity index (χ1) is 16.6. The van der Waals surface area contributed by atoms with Crippen LogP contribution in [-0.2, 0) is 19.0 Å². The van der Waals surface area contributed by atoms with Gasteiger partial charge < -0.3 is 24.4 Å². The van der Waals surface area contributed by atoms with Gasteiger partial charge in [0.2, 0.25) is 0 Å². The molecule has 2 aromatic carbocycles. The Hall–Kier alpha value is -2.92. The summed E-state index contributed by atoms with van der Waals surface area (Å²) in [6.07, 6.45) is 5.39. The number of ether oxygens (including phenoxy) is 3. The number of nitriles is 1. The lowest BCUT2D eigenvalue weighted by Gasteiger charge is -2.35. The number of rotatable bonds is 12. The van der Waals surface area contributed by atoms with Gasteiger partial charge >= 0.3 is 0 Å². The third kappa shape index (κ3) is 7.56. The molecule has 1 saturated heterocycles. The molecule has 7 heteroatoms. The topological polar surface area (TPSA) is 83.8 Å². The van der Waals surface area contributed by atoms with Crippen molar-refractivity contribution in [3.05, 3.63) is 47.5 Å². The molecule has 1 unspecified atom stereocenters. The molecular weight excluding hydrogens is 430 g/mol. The molecule has 3 rings (SSSR count). The second-order valence-electron chi connectivity index (χ2n) is 8.47. The highest BCUT2D eigenvalue weighted by Gasteiger charge is 2.18. The smallest absolute Gasteiger partial charge is 0.262 e. The van der Waals surface area contributed by atoms with Gasteiger partial charge in [0.25, 0.3) is 5.91 Å². The average molecular weight is 466 g/mol. The largest absolute Gasteiger partial charge is 0.382 e. The van der Waals surface area contributed by atoms with Crippen LogP contribution in [0.3, 0.4) is 0 Å². The van der Waals surface area contributed by atoms with Gasteiger partial charge in [-0.15, -0.1) is 0 Å². The maximum absolute atomic E-state index is 12.4. The van der Waals surface area contributed by atoms with Crippen molar-refractivity contribution >= 4 is 28.4 Å². The second-order valence-corrected chi connectivity index (χ2v) is 8.47. The van der Waals surface area contributed by atoms with E-state index in [0.29, 0.717) is 45.6 Å². The number of piperidine rings is 1. The fourth-order valence-corrected chi connectivity index (χ4v) is 4.11. The Kier molecular flexibility index (Phi) is 10.4. The zero-order chi connectivity index (χ0) is 24.2. The van der Waals surface area contributed by atoms with Crippen LogP contribution in [0.1, 0.15) is 31.7 Å². The molecule has 0 saturated carbocycles. The first kappa shape index (κ1) is 25.7. The van der Waals surface area contributed by atoms with Gasteiger partial charge in [0, 0.05) is 31.9 Å². The van der Waals surface area contributed by atoms with Crippen LogP contribution in [0.25, 0.3) is 16.8 Å². The van der Waals surface area contributed by atoms with E-state index in [1.807, 2.05) is 18.2 Å². The van der Waals surface area contributed by atoms with Crippen molar-refractivity contribution < 1.29 is 19.0 Å². The fraction of sp³-hybridized carbons (Fsp3) is 0.481. The van der Waals surface area contributed by atoms with E-state index in [1.165, 1.54) is 24.9 Å². The van der Waals surface area contributed by atoms with Gasteiger partial charge in [0.05, 0.1) is 33.0 Å². The Bertz CT molecular complexity index is 1010. The predicted molar refractivity (Wildman–Crippen MR) is 135 cm³/mol. The highest BCUT2D eigenvalue weighted by atomic mass is 16.5. The first-order valence-corrected chi connectivity index (χ1v) is 12.0. The Morgan fingerprint density at radius 1 is 1.09 bits per heavy atom. The summed E-state index contributed by atoms with van der Waals surface area (Å²) in [6.45, 7) is 6.06. The van der Waals surface area contributed by atoms with Crippen LogP contribution in [0.4, 0.5) is 5.69 Å². The molecule has 182 valence electrons. The zero-order valence-corrected chi connectivity index (χ0v) is 20.2. The molecule has 1 amide bonds. The van der Waals surface area contributed by atoms with Gasteiger partial charge in [-0.1, -0.05) is 18.2 Å². The van der Waals surface area contributed by atoms with Crippen molar-refractivity contribution in [3.63, 3.8) is 0 Å². The molecular formula is C27H35N3O4. The summed E-state index contributed by atoms with van der Waals surface area (Å²) in [7, 11) is 1.62. The Labute approximate surface area is 202 Å². The minimum atomic E-state index is -0.406. The lowest BCUT2D eigenvalue weighted by atomic mass is 10.0. The van der Waals surface area contributed by atoms with E-state index >= 15 is 0 Å². The fourth-order valence-electron chi connectivity index (χ4n) is 4.11. The SMILES string of the molecule is COCCOCCOCCNC(=O)/C(C#N)=C/c1ccc2cc(N3CCCCC3C)ccc2c1. The normalized spacial score (nSPS) is 16.4. The molecule has 0 radical (unpaired) electrons. The second kappa shape index (κ2) is 13.7. The highest BCUT2D eigenvalue weighted by Crippen LogP contribution is 2.28. The number of methoxy groups -OCH3 is 1. The highest BCUT2D eigenvalue weighted by molar-refractivity contribution is 6.02. The van der Waals surface area contributed by atoms with Crippen LogP contribution < -0.4 is 10.2 Å². The molecule has 1 N–H and O–H groups in total. The van der Waals surface area contributed by atoms with Crippen molar-refractivity contribution in [2.45, 2.75) is 32.2 Å². The van der Waals surface area contributed by atoms with Crippen LogP contribution in [0.15, 0.2) is 42.0 Å². The van der Waals surface area contributed by atoms with Crippen molar-refractivity contribution in [2.24, 2.45) is 0 Å². The standard InChI is InChI=1S/C27H35N3O4/c1-21-5-3-4-11-30(21)26-9-8-23-17-22(6-7-24(23)19-26)18-25(20-28)27(31)29-10-12-33-15-16-34-14-13-32-2/h6-9,17-19,21H,3-5,10-16H2,1-2H3,(H,29,31)/b25-18+. The number of carbonyl (C=O) groups excluding carboxylic acids is 1. The molecule has 1 atom stereocenters. The predicted octanol–water partition coefficient (Wildman–Crippen LogP) is 3.92. The molecule has 0 bridgehead atoms. The van der Waals surface area contributed by atoms with Gasteiger partial charge in [-0.2, -0.15) is 5.26 Å². The first-order valence-electron chi connectivity index (χ1n) is 12.0. The summed E-state index contributed by atoms with van der Waals surface area (Å²) in [4.78, 5) is 14.9. The summed E-state index contributed by atoms with van der Waals surface area (Å²) < 4.78 is 15.6. The number of fused-ring (bicyclic) bond motifs is 1. The number of benzene rings is 2. The average Bonchev–Trinajstić information content (AvgIpc) is 2.86. The lowest BCUT2D eigenvalue weighted by molar-refractivity contribution is -0.117. The van der Waals surface area contributed by atoms with Gasteiger partial charge in [0.15, 0.2) is 0 Å². The Morgan fingerprint density at radius 3 is 2.59 bits per heavy atom. The Balaban J connectivity index is 1.53. The van der Waals surface area contributed by atoms with E-state index < -0.39 is 5.91 Å². The van der Waals surface area contributed by atoms with Crippen LogP contribution in [0.5, 0.6) is 0 Å². The van der Waals surface area contributed by atoms with Crippen molar-refractivity contribution in [1.29, 1.82) is 5.26 Å². The van der Waals surface area contributed by atoms with Crippen LogP contribution in [-0.4, -0.2) is 65.2 Å². The van der Waals surface area contributed by atoms with Crippen LogP contribution in [0, 0.1) is 11.3 Å². The number of anilines is 1. The van der Waals surface area contributed by atoms with Gasteiger partial charge in [-0.25, -0.2) is 0 Å². The Morgan fingerprint density at radius 2 is 1.82 bits per heavy atom. The maximum atomic E-state index is 12.4. The summed E-state index contributed by atoms with van der Waals surface area (Å²) in [5.74, 6) is -0.406. The maximum Gasteiger partial charge on any atom is 0.262 e. The van der Waals surface area contributed by atoms with E-state index in [9.17, 15) is 10.1 Å². The van der Waals surface area contributed by atoms with E-state index in [4.69, 9.17) is 14.2 Å². The molecule has 0 aromatic heterocycles. The van der Waals surface area contributed by atoms with E-state index in [0.717, 1.165) is 22.9 Å². The number of hydrogen-bond acceptors (Lipinski definition) is 6. The van der Waals surface area contributed by atoms with Crippen LogP contribution >= 0.6 is 0 Å². The number of nitrogens with zero attached hydrogens (tertiary/aromatic N) is 2. The van der Waals surface area contributed by atoms with Crippen LogP contribution in [0.2, 0.25) is 0 Å². The number of hydrogen-bond donors (Lipinski definition) is 1. The molecule has 1 fully saturated rings. The molecule has 0 spiro atoms. The van der Waals surface area contributed by atoms with Gasteiger partial charge in [-0.3, -0.25) is 4.79 Å². The van der Waals surface area contributed by atoms with Crippen molar-refractivity contribution in [2.75, 3.05) is 58.1 Å². The summed E-state index contributed by atoms with van der Waals surface area (Å²) in [5, 5.41) is 14.4. The molecule has 1 heterocycles. The monoisotopic (exact) mass is 465 g/mol. The van der Waals surface area contributed by atoms with Crippen molar-refractivity contribution in [1.82, 2.24) is 5.32 Å². The summed E-state index contributed by atoms with van der Waals surface area (Å²) in [6, 6.07) is 15.1. The molecule has 0 aliphatic carbocycles. The summed E-state index contributed by atoms with van der Waals surface area (Å²) >= 11 is 0. The quantitative estimate of drug-likeness (QED) is 0.291. The summed E-state index contributed by atoms with van der Waals surface area (Å²) in [5.41, 5.74) is 2.15. The molecule has 7 nitrogen and oxygen atoms in total. The molecule has 1 aliphatic heterocycles. The van der Waals surface area contributed by atoms with E-state index in [-0.39, 0.29) is 5.57 Å². The zero-order valence-electron chi connectivity index (χ0n) is 20.2. The minimum Gasteiger partial charge on any atom is -0.382 e. The van der Waals surface area contributed by atoms with Gasteiger partial charge in [-0.05, 0) is 66.8 Å². The number of amides is 1. The molecule has 34 heavy (non-hydrogen) atoms.